The van der Waals surface area contributed by atoms with Crippen molar-refractivity contribution in [1.82, 2.24) is 0 Å². The highest BCUT2D eigenvalue weighted by molar-refractivity contribution is 5.49. The Balaban J connectivity index is 2.12. The van der Waals surface area contributed by atoms with Crippen molar-refractivity contribution < 1.29 is 14.2 Å². The lowest BCUT2D eigenvalue weighted by molar-refractivity contribution is 0.173. The van der Waals surface area contributed by atoms with E-state index in [4.69, 9.17) is 14.2 Å². The zero-order valence-electron chi connectivity index (χ0n) is 6.45. The minimum atomic E-state index is 0.238. The minimum Gasteiger partial charge on any atom is -0.454 e. The van der Waals surface area contributed by atoms with Gasteiger partial charge in [-0.25, -0.2) is 0 Å². The van der Waals surface area contributed by atoms with Gasteiger partial charge in [0.25, 0.3) is 0 Å². The summed E-state index contributed by atoms with van der Waals surface area (Å²) in [6.45, 7) is 1.14. The molecule has 0 N–H and O–H groups in total. The molecule has 0 amide bonds. The number of para-hydroxylation sites is 1. The third kappa shape index (κ3) is 0.800. The van der Waals surface area contributed by atoms with E-state index in [9.17, 15) is 0 Å². The van der Waals surface area contributed by atoms with Gasteiger partial charge in [0.1, 0.15) is 6.10 Å². The number of benzene rings is 1. The third-order valence-corrected chi connectivity index (χ3v) is 2.11. The summed E-state index contributed by atoms with van der Waals surface area (Å²) in [6, 6.07) is 5.89. The molecule has 1 atom stereocenters. The van der Waals surface area contributed by atoms with Gasteiger partial charge < -0.3 is 14.2 Å². The molecular formula is C9H8O3. The molecule has 0 radical (unpaired) electrons. The zero-order chi connectivity index (χ0) is 7.97. The molecule has 0 aromatic heterocycles. The molecule has 2 aliphatic heterocycles. The van der Waals surface area contributed by atoms with Crippen LogP contribution in [-0.2, 0) is 4.74 Å². The van der Waals surface area contributed by atoms with Crippen molar-refractivity contribution in [3.8, 4) is 11.5 Å². The van der Waals surface area contributed by atoms with E-state index in [2.05, 4.69) is 0 Å². The fourth-order valence-electron chi connectivity index (χ4n) is 1.43. The number of epoxide rings is 1. The van der Waals surface area contributed by atoms with Gasteiger partial charge in [-0.15, -0.1) is 0 Å². The lowest BCUT2D eigenvalue weighted by atomic mass is 10.1. The van der Waals surface area contributed by atoms with Gasteiger partial charge in [-0.2, -0.15) is 0 Å². The average Bonchev–Trinajstić information content (AvgIpc) is 2.82. The summed E-state index contributed by atoms with van der Waals surface area (Å²) < 4.78 is 15.8. The molecule has 0 bridgehead atoms. The number of hydrogen-bond acceptors (Lipinski definition) is 3. The molecule has 2 aliphatic rings. The van der Waals surface area contributed by atoms with E-state index >= 15 is 0 Å². The molecule has 0 aliphatic carbocycles. The maximum Gasteiger partial charge on any atom is 0.231 e. The predicted octanol–water partition coefficient (Wildman–Crippen LogP) is 1.49. The van der Waals surface area contributed by atoms with Crippen LogP contribution in [0, 0.1) is 0 Å². The Labute approximate surface area is 69.9 Å². The first kappa shape index (κ1) is 6.31. The molecule has 2 heterocycles. The van der Waals surface area contributed by atoms with Gasteiger partial charge in [0.15, 0.2) is 11.5 Å². The molecule has 0 spiro atoms. The maximum absolute atomic E-state index is 5.33. The summed E-state index contributed by atoms with van der Waals surface area (Å²) in [5.41, 5.74) is 1.12. The normalized spacial score (nSPS) is 24.2. The predicted molar refractivity (Wildman–Crippen MR) is 41.3 cm³/mol. The molecule has 1 unspecified atom stereocenters. The Kier molecular flexibility index (Phi) is 1.12. The van der Waals surface area contributed by atoms with E-state index in [0.717, 1.165) is 23.7 Å². The molecule has 62 valence electrons. The second-order valence-corrected chi connectivity index (χ2v) is 2.90. The summed E-state index contributed by atoms with van der Waals surface area (Å²) >= 11 is 0. The lowest BCUT2D eigenvalue weighted by Gasteiger charge is -2.00. The molecule has 3 rings (SSSR count). The Morgan fingerprint density at radius 1 is 1.25 bits per heavy atom. The van der Waals surface area contributed by atoms with Crippen molar-refractivity contribution >= 4 is 0 Å². The van der Waals surface area contributed by atoms with Crippen molar-refractivity contribution in [2.24, 2.45) is 0 Å². The molecule has 3 nitrogen and oxygen atoms in total. The molecular weight excluding hydrogens is 156 g/mol. The minimum absolute atomic E-state index is 0.238. The van der Waals surface area contributed by atoms with Crippen molar-refractivity contribution in [2.45, 2.75) is 6.10 Å². The summed E-state index contributed by atoms with van der Waals surface area (Å²) in [6.07, 6.45) is 0.238. The topological polar surface area (TPSA) is 31.0 Å². The van der Waals surface area contributed by atoms with Crippen molar-refractivity contribution in [2.75, 3.05) is 13.4 Å². The molecule has 1 fully saturated rings. The van der Waals surface area contributed by atoms with E-state index in [1.807, 2.05) is 18.2 Å². The Bertz CT molecular complexity index is 318. The smallest absolute Gasteiger partial charge is 0.231 e. The van der Waals surface area contributed by atoms with Crippen molar-refractivity contribution in [1.29, 1.82) is 0 Å². The highest BCUT2D eigenvalue weighted by Gasteiger charge is 2.31. The van der Waals surface area contributed by atoms with E-state index in [-0.39, 0.29) is 6.10 Å². The first-order valence-electron chi connectivity index (χ1n) is 3.95. The lowest BCUT2D eigenvalue weighted by Crippen LogP contribution is -1.94. The van der Waals surface area contributed by atoms with E-state index < -0.39 is 0 Å². The van der Waals surface area contributed by atoms with Crippen LogP contribution in [-0.4, -0.2) is 13.4 Å². The van der Waals surface area contributed by atoms with Crippen LogP contribution in [0.4, 0.5) is 0 Å². The average molecular weight is 164 g/mol. The fraction of sp³-hybridized carbons (Fsp3) is 0.333. The monoisotopic (exact) mass is 164 g/mol. The van der Waals surface area contributed by atoms with Crippen LogP contribution < -0.4 is 9.47 Å². The van der Waals surface area contributed by atoms with Crippen LogP contribution in [0.25, 0.3) is 0 Å². The van der Waals surface area contributed by atoms with Crippen LogP contribution in [0.2, 0.25) is 0 Å². The maximum atomic E-state index is 5.33. The summed E-state index contributed by atoms with van der Waals surface area (Å²) in [7, 11) is 0. The highest BCUT2D eigenvalue weighted by atomic mass is 16.7. The van der Waals surface area contributed by atoms with Crippen LogP contribution in [0.15, 0.2) is 18.2 Å². The molecule has 0 saturated carbocycles. The highest BCUT2D eigenvalue weighted by Crippen LogP contribution is 2.43. The number of rotatable bonds is 1. The van der Waals surface area contributed by atoms with Gasteiger partial charge in [0, 0.05) is 5.56 Å². The third-order valence-electron chi connectivity index (χ3n) is 2.11. The second kappa shape index (κ2) is 2.14. The first-order chi connectivity index (χ1) is 5.95. The second-order valence-electron chi connectivity index (χ2n) is 2.90. The van der Waals surface area contributed by atoms with Crippen molar-refractivity contribution in [3.63, 3.8) is 0 Å². The number of fused-ring (bicyclic) bond motifs is 1. The van der Waals surface area contributed by atoms with E-state index in [1.165, 1.54) is 0 Å². The van der Waals surface area contributed by atoms with E-state index in [0.29, 0.717) is 6.79 Å². The van der Waals surface area contributed by atoms with Gasteiger partial charge in [-0.3, -0.25) is 0 Å². The molecule has 1 aromatic carbocycles. The Morgan fingerprint density at radius 2 is 2.17 bits per heavy atom. The summed E-state index contributed by atoms with van der Waals surface area (Å²) in [5, 5.41) is 0. The Morgan fingerprint density at radius 3 is 3.00 bits per heavy atom. The molecule has 12 heavy (non-hydrogen) atoms. The molecule has 1 aromatic rings. The van der Waals surface area contributed by atoms with Crippen LogP contribution in [0.3, 0.4) is 0 Å². The van der Waals surface area contributed by atoms with Gasteiger partial charge in [-0.05, 0) is 6.07 Å². The summed E-state index contributed by atoms with van der Waals surface area (Å²) in [5.74, 6) is 1.70. The van der Waals surface area contributed by atoms with Gasteiger partial charge in [-0.1, -0.05) is 12.1 Å². The largest absolute Gasteiger partial charge is 0.454 e. The van der Waals surface area contributed by atoms with Gasteiger partial charge >= 0.3 is 0 Å². The van der Waals surface area contributed by atoms with Crippen LogP contribution in [0.1, 0.15) is 11.7 Å². The fourth-order valence-corrected chi connectivity index (χ4v) is 1.43. The van der Waals surface area contributed by atoms with Crippen LogP contribution in [0.5, 0.6) is 11.5 Å². The van der Waals surface area contributed by atoms with Crippen LogP contribution >= 0.6 is 0 Å². The van der Waals surface area contributed by atoms with Crippen molar-refractivity contribution in [3.05, 3.63) is 23.8 Å². The molecule has 3 heteroatoms. The zero-order valence-corrected chi connectivity index (χ0v) is 6.45. The van der Waals surface area contributed by atoms with Gasteiger partial charge in [0.05, 0.1) is 6.61 Å². The Hall–Kier alpha value is -1.22. The SMILES string of the molecule is c1cc2c(c(C3CO3)c1)OCO2. The van der Waals surface area contributed by atoms with E-state index in [1.54, 1.807) is 0 Å². The summed E-state index contributed by atoms with van der Waals surface area (Å²) in [4.78, 5) is 0. The van der Waals surface area contributed by atoms with Gasteiger partial charge in [0.2, 0.25) is 6.79 Å². The number of ether oxygens (including phenoxy) is 3. The standard InChI is InChI=1S/C9H8O3/c1-2-6(8-4-10-8)9-7(3-1)11-5-12-9/h1-3,8H,4-5H2. The quantitative estimate of drug-likeness (QED) is 0.589. The molecule has 1 saturated heterocycles. The first-order valence-corrected chi connectivity index (χ1v) is 3.95. The number of hydrogen-bond donors (Lipinski definition) is 0.